The van der Waals surface area contributed by atoms with Gasteiger partial charge in [-0.3, -0.25) is 29.2 Å². The van der Waals surface area contributed by atoms with E-state index in [4.69, 9.17) is 18.9 Å². The van der Waals surface area contributed by atoms with Crippen molar-refractivity contribution in [3.05, 3.63) is 22.3 Å². The van der Waals surface area contributed by atoms with Gasteiger partial charge in [0.05, 0.1) is 4.92 Å². The first-order chi connectivity index (χ1) is 9.66. The molecule has 0 saturated carbocycles. The zero-order valence-electron chi connectivity index (χ0n) is 11.4. The maximum absolute atomic E-state index is 11.2. The summed E-state index contributed by atoms with van der Waals surface area (Å²) in [5.74, 6) is -4.82. The Morgan fingerprint density at radius 2 is 1.71 bits per heavy atom. The molecule has 0 aromatic carbocycles. The summed E-state index contributed by atoms with van der Waals surface area (Å²) in [7, 11) is 0. The largest absolute Gasteiger partial charge is 0.421 e. The predicted octanol–water partition coefficient (Wildman–Crippen LogP) is -0.113. The van der Waals surface area contributed by atoms with Crippen LogP contribution in [0.1, 0.15) is 20.8 Å². The maximum Gasteiger partial charge on any atom is 0.339 e. The van der Waals surface area contributed by atoms with Crippen molar-refractivity contribution in [1.29, 1.82) is 0 Å². The van der Waals surface area contributed by atoms with E-state index >= 15 is 0 Å². The van der Waals surface area contributed by atoms with E-state index in [1.807, 2.05) is 0 Å². The van der Waals surface area contributed by atoms with Crippen LogP contribution in [-0.4, -0.2) is 41.1 Å². The standard InChI is InChI=1S/C11H13NO9/c1-6(13)18-10(19-7(2)14)11(20-8(3)15)5-4-9(21-11)12(16)17/h4-5,9-10H,1-3H3/t9-,11+/m0/s1. The van der Waals surface area contributed by atoms with E-state index in [1.165, 1.54) is 0 Å². The summed E-state index contributed by atoms with van der Waals surface area (Å²) < 4.78 is 19.3. The van der Waals surface area contributed by atoms with E-state index < -0.39 is 41.1 Å². The van der Waals surface area contributed by atoms with E-state index in [-0.39, 0.29) is 0 Å². The fourth-order valence-electron chi connectivity index (χ4n) is 1.55. The number of hydrogen-bond donors (Lipinski definition) is 0. The van der Waals surface area contributed by atoms with Crippen molar-refractivity contribution in [2.45, 2.75) is 39.1 Å². The van der Waals surface area contributed by atoms with Crippen LogP contribution < -0.4 is 0 Å². The third-order valence-electron chi connectivity index (χ3n) is 2.18. The Morgan fingerprint density at radius 3 is 2.05 bits per heavy atom. The van der Waals surface area contributed by atoms with E-state index in [1.54, 1.807) is 0 Å². The number of ether oxygens (including phenoxy) is 4. The van der Waals surface area contributed by atoms with Crippen molar-refractivity contribution in [1.82, 2.24) is 0 Å². The van der Waals surface area contributed by atoms with E-state index in [9.17, 15) is 24.5 Å². The monoisotopic (exact) mass is 303 g/mol. The number of carbonyl (C=O) groups excluding carboxylic acids is 3. The van der Waals surface area contributed by atoms with Crippen molar-refractivity contribution >= 4 is 17.9 Å². The van der Waals surface area contributed by atoms with Crippen molar-refractivity contribution in [2.75, 3.05) is 0 Å². The van der Waals surface area contributed by atoms with E-state index in [0.717, 1.165) is 32.9 Å². The molecule has 0 aliphatic carbocycles. The molecular weight excluding hydrogens is 290 g/mol. The molecule has 0 bridgehead atoms. The second-order valence-electron chi connectivity index (χ2n) is 4.02. The zero-order chi connectivity index (χ0) is 16.2. The summed E-state index contributed by atoms with van der Waals surface area (Å²) in [5.41, 5.74) is 0. The highest BCUT2D eigenvalue weighted by Gasteiger charge is 2.54. The Morgan fingerprint density at radius 1 is 1.19 bits per heavy atom. The lowest BCUT2D eigenvalue weighted by Crippen LogP contribution is -2.50. The summed E-state index contributed by atoms with van der Waals surface area (Å²) in [6.45, 7) is 3.04. The Hall–Kier alpha value is -2.49. The summed E-state index contributed by atoms with van der Waals surface area (Å²) in [6.07, 6.45) is -1.49. The average Bonchev–Trinajstić information content (AvgIpc) is 2.71. The molecule has 0 N–H and O–H groups in total. The third kappa shape index (κ3) is 4.24. The molecule has 0 aromatic heterocycles. The van der Waals surface area contributed by atoms with Crippen molar-refractivity contribution in [3.63, 3.8) is 0 Å². The van der Waals surface area contributed by atoms with Crippen LogP contribution >= 0.6 is 0 Å². The van der Waals surface area contributed by atoms with Gasteiger partial charge in [-0.25, -0.2) is 0 Å². The summed E-state index contributed by atoms with van der Waals surface area (Å²) in [4.78, 5) is 43.2. The van der Waals surface area contributed by atoms with Crippen LogP contribution in [0.3, 0.4) is 0 Å². The van der Waals surface area contributed by atoms with Crippen molar-refractivity contribution in [3.8, 4) is 0 Å². The average molecular weight is 303 g/mol. The molecule has 1 aliphatic rings. The smallest absolute Gasteiger partial charge is 0.339 e. The molecule has 10 heteroatoms. The fourth-order valence-corrected chi connectivity index (χ4v) is 1.55. The van der Waals surface area contributed by atoms with Gasteiger partial charge in [0.1, 0.15) is 0 Å². The van der Waals surface area contributed by atoms with Gasteiger partial charge in [0.2, 0.25) is 0 Å². The van der Waals surface area contributed by atoms with E-state index in [0.29, 0.717) is 0 Å². The number of rotatable bonds is 5. The molecule has 0 aromatic rings. The number of nitrogens with zero attached hydrogens (tertiary/aromatic N) is 1. The van der Waals surface area contributed by atoms with Crippen LogP contribution in [0, 0.1) is 10.1 Å². The minimum atomic E-state index is -2.21. The SMILES string of the molecule is CC(=O)OC(OC(C)=O)[C@@]1(OC(C)=O)C=C[C@@H]([N+](=O)[O-])O1. The summed E-state index contributed by atoms with van der Waals surface area (Å²) in [6, 6.07) is 0. The Kier molecular flexibility index (Phi) is 4.97. The normalized spacial score (nSPS) is 23.7. The molecule has 0 spiro atoms. The van der Waals surface area contributed by atoms with Gasteiger partial charge in [-0.1, -0.05) is 0 Å². The van der Waals surface area contributed by atoms with Gasteiger partial charge in [0.15, 0.2) is 0 Å². The molecule has 0 saturated heterocycles. The molecular formula is C11H13NO9. The molecule has 0 radical (unpaired) electrons. The van der Waals surface area contributed by atoms with Gasteiger partial charge >= 0.3 is 36.2 Å². The predicted molar refractivity (Wildman–Crippen MR) is 62.8 cm³/mol. The van der Waals surface area contributed by atoms with Gasteiger partial charge in [0, 0.05) is 32.9 Å². The highest BCUT2D eigenvalue weighted by molar-refractivity contribution is 5.69. The third-order valence-corrected chi connectivity index (χ3v) is 2.18. The highest BCUT2D eigenvalue weighted by atomic mass is 16.8. The molecule has 116 valence electrons. The molecule has 21 heavy (non-hydrogen) atoms. The van der Waals surface area contributed by atoms with Gasteiger partial charge in [-0.2, -0.15) is 0 Å². The second kappa shape index (κ2) is 6.31. The molecule has 10 nitrogen and oxygen atoms in total. The Balaban J connectivity index is 3.11. The lowest BCUT2D eigenvalue weighted by molar-refractivity contribution is -0.574. The number of carbonyl (C=O) groups is 3. The number of nitro groups is 1. The van der Waals surface area contributed by atoms with Crippen LogP contribution in [-0.2, 0) is 33.3 Å². The molecule has 1 rings (SSSR count). The van der Waals surface area contributed by atoms with Crippen molar-refractivity contribution < 1.29 is 38.3 Å². The van der Waals surface area contributed by atoms with Crippen LogP contribution in [0.15, 0.2) is 12.2 Å². The molecule has 0 amide bonds. The van der Waals surface area contributed by atoms with Crippen LogP contribution in [0.4, 0.5) is 0 Å². The fraction of sp³-hybridized carbons (Fsp3) is 0.545. The molecule has 1 aliphatic heterocycles. The maximum atomic E-state index is 11.2. The van der Waals surface area contributed by atoms with Gasteiger partial charge in [-0.15, -0.1) is 0 Å². The Labute approximate surface area is 118 Å². The molecule has 0 fully saturated rings. The van der Waals surface area contributed by atoms with Crippen LogP contribution in [0.25, 0.3) is 0 Å². The lowest BCUT2D eigenvalue weighted by Gasteiger charge is -2.32. The zero-order valence-corrected chi connectivity index (χ0v) is 11.4. The number of esters is 3. The van der Waals surface area contributed by atoms with Gasteiger partial charge < -0.3 is 14.2 Å². The van der Waals surface area contributed by atoms with E-state index in [2.05, 4.69) is 0 Å². The molecule has 2 atom stereocenters. The Bertz CT molecular complexity index is 484. The van der Waals surface area contributed by atoms with Gasteiger partial charge in [0.25, 0.3) is 0 Å². The summed E-state index contributed by atoms with van der Waals surface area (Å²) >= 11 is 0. The first-order valence-electron chi connectivity index (χ1n) is 5.71. The van der Waals surface area contributed by atoms with Crippen LogP contribution in [0.5, 0.6) is 0 Å². The molecule has 1 heterocycles. The highest BCUT2D eigenvalue weighted by Crippen LogP contribution is 2.32. The minimum absolute atomic E-state index is 0.805. The topological polar surface area (TPSA) is 131 Å². The number of hydrogen-bond acceptors (Lipinski definition) is 9. The first-order valence-corrected chi connectivity index (χ1v) is 5.71. The molecule has 0 unspecified atom stereocenters. The quantitative estimate of drug-likeness (QED) is 0.224. The van der Waals surface area contributed by atoms with Crippen molar-refractivity contribution in [2.24, 2.45) is 0 Å². The first kappa shape index (κ1) is 16.6. The minimum Gasteiger partial charge on any atom is -0.421 e. The van der Waals surface area contributed by atoms with Crippen LogP contribution in [0.2, 0.25) is 0 Å². The van der Waals surface area contributed by atoms with Gasteiger partial charge in [-0.05, 0) is 0 Å². The second-order valence-corrected chi connectivity index (χ2v) is 4.02. The lowest BCUT2D eigenvalue weighted by atomic mass is 10.2. The summed E-state index contributed by atoms with van der Waals surface area (Å²) in [5, 5.41) is 10.7.